The molecule has 2 aromatic rings. The molecule has 2 aromatic carbocycles. The van der Waals surface area contributed by atoms with Gasteiger partial charge in [-0.1, -0.05) is 17.7 Å². The summed E-state index contributed by atoms with van der Waals surface area (Å²) in [5.74, 6) is 0.471. The molecule has 0 aliphatic heterocycles. The van der Waals surface area contributed by atoms with Gasteiger partial charge in [-0.2, -0.15) is 0 Å². The van der Waals surface area contributed by atoms with Crippen molar-refractivity contribution in [2.45, 2.75) is 33.3 Å². The van der Waals surface area contributed by atoms with E-state index in [9.17, 15) is 13.2 Å². The Bertz CT molecular complexity index is 860. The maximum Gasteiger partial charge on any atom is 0.232 e. The predicted molar refractivity (Wildman–Crippen MR) is 109 cm³/mol. The topological polar surface area (TPSA) is 75.7 Å². The van der Waals surface area contributed by atoms with E-state index in [4.69, 9.17) is 4.74 Å². The zero-order chi connectivity index (χ0) is 20.0. The van der Waals surface area contributed by atoms with Gasteiger partial charge in [0.1, 0.15) is 5.75 Å². The van der Waals surface area contributed by atoms with Crippen molar-refractivity contribution in [1.82, 2.24) is 0 Å². The Morgan fingerprint density at radius 3 is 2.19 bits per heavy atom. The molecule has 0 aliphatic rings. The summed E-state index contributed by atoms with van der Waals surface area (Å²) in [6.07, 6.45) is 1.26. The zero-order valence-corrected chi connectivity index (χ0v) is 16.9. The van der Waals surface area contributed by atoms with Crippen LogP contribution in [0.25, 0.3) is 0 Å². The van der Waals surface area contributed by atoms with Gasteiger partial charge >= 0.3 is 0 Å². The fourth-order valence-corrected chi connectivity index (χ4v) is 3.44. The maximum absolute atomic E-state index is 12.2. The quantitative estimate of drug-likeness (QED) is 0.748. The molecule has 0 saturated heterocycles. The van der Waals surface area contributed by atoms with Crippen LogP contribution in [0.4, 0.5) is 11.4 Å². The fraction of sp³-hybridized carbons (Fsp3) is 0.350. The third-order valence-electron chi connectivity index (χ3n) is 3.77. The molecule has 0 saturated carbocycles. The molecule has 1 amide bonds. The van der Waals surface area contributed by atoms with Crippen molar-refractivity contribution in [1.29, 1.82) is 0 Å². The molecule has 0 spiro atoms. The maximum atomic E-state index is 12.2. The summed E-state index contributed by atoms with van der Waals surface area (Å²) in [7, 11) is -3.48. The molecule has 7 heteroatoms. The lowest BCUT2D eigenvalue weighted by atomic mass is 10.2. The second-order valence-corrected chi connectivity index (χ2v) is 8.57. The first-order chi connectivity index (χ1) is 12.6. The van der Waals surface area contributed by atoms with Gasteiger partial charge in [0, 0.05) is 18.7 Å². The molecule has 0 radical (unpaired) electrons. The highest BCUT2D eigenvalue weighted by atomic mass is 32.2. The fourth-order valence-electron chi connectivity index (χ4n) is 2.51. The van der Waals surface area contributed by atoms with Crippen molar-refractivity contribution in [2.75, 3.05) is 22.4 Å². The van der Waals surface area contributed by atoms with E-state index in [0.717, 1.165) is 17.6 Å². The number of ether oxygens (including phenoxy) is 1. The largest absolute Gasteiger partial charge is 0.491 e. The molecular weight excluding hydrogens is 364 g/mol. The van der Waals surface area contributed by atoms with E-state index in [0.29, 0.717) is 11.4 Å². The number of hydrogen-bond acceptors (Lipinski definition) is 4. The van der Waals surface area contributed by atoms with Crippen LogP contribution in [0.15, 0.2) is 48.5 Å². The van der Waals surface area contributed by atoms with E-state index in [1.165, 1.54) is 4.31 Å². The Balaban J connectivity index is 1.98. The number of hydrogen-bond donors (Lipinski definition) is 1. The zero-order valence-electron chi connectivity index (χ0n) is 16.1. The van der Waals surface area contributed by atoms with Gasteiger partial charge in [0.05, 0.1) is 18.0 Å². The molecule has 1 N–H and O–H groups in total. The van der Waals surface area contributed by atoms with Crippen molar-refractivity contribution in [3.63, 3.8) is 0 Å². The number of sulfonamides is 1. The summed E-state index contributed by atoms with van der Waals surface area (Å²) >= 11 is 0. The van der Waals surface area contributed by atoms with Crippen LogP contribution < -0.4 is 14.4 Å². The number of aryl methyl sites for hydroxylation is 1. The number of anilines is 2. The molecule has 0 aliphatic carbocycles. The average Bonchev–Trinajstić information content (AvgIpc) is 2.57. The van der Waals surface area contributed by atoms with E-state index < -0.39 is 10.0 Å². The van der Waals surface area contributed by atoms with E-state index >= 15 is 0 Å². The number of nitrogens with zero attached hydrogens (tertiary/aromatic N) is 1. The highest BCUT2D eigenvalue weighted by Crippen LogP contribution is 2.20. The molecule has 27 heavy (non-hydrogen) atoms. The monoisotopic (exact) mass is 390 g/mol. The molecule has 0 aromatic heterocycles. The van der Waals surface area contributed by atoms with Crippen molar-refractivity contribution in [2.24, 2.45) is 0 Å². The number of nitrogens with one attached hydrogen (secondary N) is 1. The summed E-state index contributed by atoms with van der Waals surface area (Å²) in [5, 5.41) is 2.77. The minimum Gasteiger partial charge on any atom is -0.491 e. The third kappa shape index (κ3) is 6.60. The molecule has 0 bridgehead atoms. The van der Waals surface area contributed by atoms with Crippen LogP contribution in [0.5, 0.6) is 5.75 Å². The molecular formula is C20H26N2O4S. The molecule has 146 valence electrons. The summed E-state index contributed by atoms with van der Waals surface area (Å²) in [4.78, 5) is 12.2. The van der Waals surface area contributed by atoms with Gasteiger partial charge in [-0.3, -0.25) is 9.10 Å². The highest BCUT2D eigenvalue weighted by molar-refractivity contribution is 7.92. The van der Waals surface area contributed by atoms with Crippen LogP contribution in [0.3, 0.4) is 0 Å². The van der Waals surface area contributed by atoms with Crippen molar-refractivity contribution < 1.29 is 17.9 Å². The second kappa shape index (κ2) is 8.90. The minimum absolute atomic E-state index is 0.0468. The first-order valence-electron chi connectivity index (χ1n) is 8.76. The third-order valence-corrected chi connectivity index (χ3v) is 4.97. The molecule has 2 rings (SSSR count). The molecule has 6 nitrogen and oxygen atoms in total. The van der Waals surface area contributed by atoms with Crippen LogP contribution >= 0.6 is 0 Å². The van der Waals surface area contributed by atoms with Crippen LogP contribution in [0, 0.1) is 6.92 Å². The standard InChI is InChI=1S/C20H26N2O4S/c1-15(2)26-19-11-7-17(8-12-19)21-20(23)13-14-22(27(4,24)25)18-9-5-16(3)6-10-18/h5-12,15H,13-14H2,1-4H3,(H,21,23). The number of carbonyl (C=O) groups excluding carboxylic acids is 1. The molecule has 0 fully saturated rings. The number of carbonyl (C=O) groups is 1. The van der Waals surface area contributed by atoms with Gasteiger partial charge in [-0.25, -0.2) is 8.42 Å². The molecule has 0 unspecified atom stereocenters. The first-order valence-corrected chi connectivity index (χ1v) is 10.6. The Kier molecular flexibility index (Phi) is 6.85. The lowest BCUT2D eigenvalue weighted by Gasteiger charge is -2.22. The van der Waals surface area contributed by atoms with Crippen LogP contribution in [-0.2, 0) is 14.8 Å². The second-order valence-electron chi connectivity index (χ2n) is 6.66. The Labute approximate surface area is 161 Å². The SMILES string of the molecule is Cc1ccc(N(CCC(=O)Nc2ccc(OC(C)C)cc2)S(C)(=O)=O)cc1. The normalized spacial score (nSPS) is 11.3. The summed E-state index contributed by atoms with van der Waals surface area (Å²) in [5.41, 5.74) is 2.22. The minimum atomic E-state index is -3.48. The van der Waals surface area contributed by atoms with Gasteiger partial charge in [0.2, 0.25) is 15.9 Å². The molecule has 0 heterocycles. The van der Waals surface area contributed by atoms with Crippen molar-refractivity contribution >= 4 is 27.3 Å². The van der Waals surface area contributed by atoms with Crippen LogP contribution in [0.2, 0.25) is 0 Å². The lowest BCUT2D eigenvalue weighted by molar-refractivity contribution is -0.116. The predicted octanol–water partition coefficient (Wildman–Crippen LogP) is 3.58. The van der Waals surface area contributed by atoms with Crippen LogP contribution in [0.1, 0.15) is 25.8 Å². The number of benzene rings is 2. The van der Waals surface area contributed by atoms with Crippen molar-refractivity contribution in [3.8, 4) is 5.75 Å². The summed E-state index contributed by atoms with van der Waals surface area (Å²) in [6, 6.07) is 14.2. The van der Waals surface area contributed by atoms with E-state index in [2.05, 4.69) is 5.32 Å². The highest BCUT2D eigenvalue weighted by Gasteiger charge is 2.18. The molecule has 0 atom stereocenters. The number of rotatable bonds is 8. The van der Waals surface area contributed by atoms with Crippen LogP contribution in [-0.4, -0.2) is 33.2 Å². The van der Waals surface area contributed by atoms with Crippen molar-refractivity contribution in [3.05, 3.63) is 54.1 Å². The van der Waals surface area contributed by atoms with Gasteiger partial charge in [-0.15, -0.1) is 0 Å². The van der Waals surface area contributed by atoms with Gasteiger partial charge in [0.15, 0.2) is 0 Å². The Morgan fingerprint density at radius 2 is 1.67 bits per heavy atom. The first kappa shape index (κ1) is 20.8. The number of amides is 1. The van der Waals surface area contributed by atoms with Gasteiger partial charge < -0.3 is 10.1 Å². The van der Waals surface area contributed by atoms with E-state index in [1.54, 1.807) is 36.4 Å². The van der Waals surface area contributed by atoms with E-state index in [1.807, 2.05) is 32.9 Å². The Hall–Kier alpha value is -2.54. The van der Waals surface area contributed by atoms with Gasteiger partial charge in [-0.05, 0) is 57.2 Å². The Morgan fingerprint density at radius 1 is 1.07 bits per heavy atom. The summed E-state index contributed by atoms with van der Waals surface area (Å²) < 4.78 is 31.0. The average molecular weight is 391 g/mol. The van der Waals surface area contributed by atoms with E-state index in [-0.39, 0.29) is 25.0 Å². The van der Waals surface area contributed by atoms with Gasteiger partial charge in [0.25, 0.3) is 0 Å². The summed E-state index contributed by atoms with van der Waals surface area (Å²) in [6.45, 7) is 5.89. The smallest absolute Gasteiger partial charge is 0.232 e. The lowest BCUT2D eigenvalue weighted by Crippen LogP contribution is -2.33.